The fraction of sp³-hybridized carbons (Fsp3) is 0.333. The van der Waals surface area contributed by atoms with E-state index in [2.05, 4.69) is 37.9 Å². The van der Waals surface area contributed by atoms with Gasteiger partial charge in [0.15, 0.2) is 5.88 Å². The number of aromatic amines is 1. The zero-order chi connectivity index (χ0) is 21.4. The van der Waals surface area contributed by atoms with Crippen LogP contribution in [-0.2, 0) is 4.84 Å². The number of oxime groups is 1. The summed E-state index contributed by atoms with van der Waals surface area (Å²) in [5.74, 6) is 0.819. The summed E-state index contributed by atoms with van der Waals surface area (Å²) >= 11 is 3.53. The van der Waals surface area contributed by atoms with Gasteiger partial charge in [0.1, 0.15) is 18.0 Å². The van der Waals surface area contributed by atoms with E-state index >= 15 is 0 Å². The van der Waals surface area contributed by atoms with Crippen LogP contribution in [0.25, 0.3) is 10.9 Å². The molecule has 160 valence electrons. The molecular weight excluding hydrogens is 456 g/mol. The molecular formula is C24H25BrN4O2. The molecule has 1 saturated heterocycles. The van der Waals surface area contributed by atoms with Crippen LogP contribution in [-0.4, -0.2) is 52.7 Å². The lowest BCUT2D eigenvalue weighted by Gasteiger charge is -2.30. The molecule has 1 aromatic heterocycles. The van der Waals surface area contributed by atoms with E-state index in [-0.39, 0.29) is 5.88 Å². The minimum atomic E-state index is 0.0784. The van der Waals surface area contributed by atoms with Gasteiger partial charge in [-0.25, -0.2) is 4.99 Å². The second kappa shape index (κ2) is 8.48. The molecule has 3 aromatic rings. The molecule has 0 spiro atoms. The Morgan fingerprint density at radius 2 is 2.16 bits per heavy atom. The summed E-state index contributed by atoms with van der Waals surface area (Å²) in [6.45, 7) is 5.93. The number of aromatic hydroxyl groups is 1. The molecule has 6 nitrogen and oxygen atoms in total. The largest absolute Gasteiger partial charge is 0.494 e. The number of piperidine rings is 1. The number of aliphatic imine (C=N–C) groups is 1. The van der Waals surface area contributed by atoms with Gasteiger partial charge in [0.2, 0.25) is 0 Å². The highest BCUT2D eigenvalue weighted by Gasteiger charge is 2.29. The molecule has 2 aliphatic rings. The Morgan fingerprint density at radius 3 is 3.03 bits per heavy atom. The van der Waals surface area contributed by atoms with Crippen molar-refractivity contribution in [1.82, 2.24) is 9.88 Å². The highest BCUT2D eigenvalue weighted by atomic mass is 79.9. The second-order valence-electron chi connectivity index (χ2n) is 8.34. The first-order valence-corrected chi connectivity index (χ1v) is 11.5. The third kappa shape index (κ3) is 4.00. The molecule has 0 radical (unpaired) electrons. The van der Waals surface area contributed by atoms with Crippen LogP contribution in [0.15, 0.2) is 57.1 Å². The second-order valence-corrected chi connectivity index (χ2v) is 9.25. The van der Waals surface area contributed by atoms with Crippen LogP contribution in [0.5, 0.6) is 5.88 Å². The van der Waals surface area contributed by atoms with Gasteiger partial charge in [-0.3, -0.25) is 4.90 Å². The molecule has 1 unspecified atom stereocenters. The van der Waals surface area contributed by atoms with E-state index in [4.69, 9.17) is 9.83 Å². The SMILES string of the molecule is CC1CCCN(CCON=C2C(c3c(O)[nH]c4ccc(Br)cc34)=Nc3ccccc32)C1. The van der Waals surface area contributed by atoms with Crippen molar-refractivity contribution in [3.8, 4) is 5.88 Å². The summed E-state index contributed by atoms with van der Waals surface area (Å²) in [6, 6.07) is 13.7. The maximum atomic E-state index is 10.7. The number of fused-ring (bicyclic) bond motifs is 2. The molecule has 5 rings (SSSR count). The van der Waals surface area contributed by atoms with Gasteiger partial charge in [0, 0.05) is 34.0 Å². The van der Waals surface area contributed by atoms with Crippen molar-refractivity contribution in [2.45, 2.75) is 19.8 Å². The Labute approximate surface area is 189 Å². The third-order valence-electron chi connectivity index (χ3n) is 5.99. The zero-order valence-electron chi connectivity index (χ0n) is 17.4. The zero-order valence-corrected chi connectivity index (χ0v) is 19.0. The molecule has 0 saturated carbocycles. The molecule has 0 aliphatic carbocycles. The number of rotatable bonds is 5. The van der Waals surface area contributed by atoms with Gasteiger partial charge in [-0.05, 0) is 49.6 Å². The Bertz CT molecular complexity index is 1180. The van der Waals surface area contributed by atoms with E-state index in [1.807, 2.05) is 42.5 Å². The summed E-state index contributed by atoms with van der Waals surface area (Å²) in [5.41, 5.74) is 4.49. The van der Waals surface area contributed by atoms with E-state index in [1.54, 1.807) is 0 Å². The van der Waals surface area contributed by atoms with Crippen LogP contribution in [0.2, 0.25) is 0 Å². The number of para-hydroxylation sites is 1. The van der Waals surface area contributed by atoms with E-state index < -0.39 is 0 Å². The number of nitrogens with zero attached hydrogens (tertiary/aromatic N) is 3. The quantitative estimate of drug-likeness (QED) is 0.388. The molecule has 7 heteroatoms. The van der Waals surface area contributed by atoms with E-state index in [9.17, 15) is 5.11 Å². The van der Waals surface area contributed by atoms with Crippen LogP contribution in [0, 0.1) is 5.92 Å². The molecule has 2 aliphatic heterocycles. The standard InChI is InChI=1S/C24H25BrN4O2/c1-15-5-4-10-29(14-15)11-12-31-28-22-17-6-2-3-7-19(17)26-23(22)21-18-13-16(25)8-9-20(18)27-24(21)30/h2-3,6-9,13,15,27,30H,4-5,10-12,14H2,1H3. The van der Waals surface area contributed by atoms with Gasteiger partial charge in [0.25, 0.3) is 0 Å². The molecule has 31 heavy (non-hydrogen) atoms. The van der Waals surface area contributed by atoms with Crippen molar-refractivity contribution in [2.75, 3.05) is 26.2 Å². The lowest BCUT2D eigenvalue weighted by molar-refractivity contribution is 0.0924. The average Bonchev–Trinajstić information content (AvgIpc) is 3.27. The summed E-state index contributed by atoms with van der Waals surface area (Å²) < 4.78 is 0.932. The van der Waals surface area contributed by atoms with Crippen molar-refractivity contribution in [1.29, 1.82) is 0 Å². The molecule has 3 heterocycles. The maximum absolute atomic E-state index is 10.7. The van der Waals surface area contributed by atoms with Crippen molar-refractivity contribution in [2.24, 2.45) is 16.1 Å². The lowest BCUT2D eigenvalue weighted by Crippen LogP contribution is -2.36. The molecule has 2 N–H and O–H groups in total. The number of likely N-dealkylation sites (tertiary alicyclic amines) is 1. The molecule has 0 amide bonds. The summed E-state index contributed by atoms with van der Waals surface area (Å²) in [5, 5.41) is 16.1. The van der Waals surface area contributed by atoms with Gasteiger partial charge in [0.05, 0.1) is 11.3 Å². The Balaban J connectivity index is 1.44. The third-order valence-corrected chi connectivity index (χ3v) is 6.48. The lowest BCUT2D eigenvalue weighted by atomic mass is 10.0. The summed E-state index contributed by atoms with van der Waals surface area (Å²) in [7, 11) is 0. The van der Waals surface area contributed by atoms with E-state index in [1.165, 1.54) is 12.8 Å². The number of benzene rings is 2. The summed E-state index contributed by atoms with van der Waals surface area (Å²) in [4.78, 5) is 16.1. The predicted molar refractivity (Wildman–Crippen MR) is 128 cm³/mol. The topological polar surface area (TPSA) is 73.2 Å². The normalized spacial score (nSPS) is 20.3. The van der Waals surface area contributed by atoms with Gasteiger partial charge in [-0.15, -0.1) is 0 Å². The minimum absolute atomic E-state index is 0.0784. The van der Waals surface area contributed by atoms with Crippen LogP contribution in [0.3, 0.4) is 0 Å². The van der Waals surface area contributed by atoms with Gasteiger partial charge in [-0.2, -0.15) is 0 Å². The number of hydrogen-bond acceptors (Lipinski definition) is 5. The van der Waals surface area contributed by atoms with Crippen LogP contribution >= 0.6 is 15.9 Å². The monoisotopic (exact) mass is 480 g/mol. The van der Waals surface area contributed by atoms with E-state index in [0.29, 0.717) is 23.6 Å². The molecule has 1 atom stereocenters. The highest BCUT2D eigenvalue weighted by molar-refractivity contribution is 9.10. The van der Waals surface area contributed by atoms with Crippen molar-refractivity contribution in [3.05, 3.63) is 58.1 Å². The van der Waals surface area contributed by atoms with Gasteiger partial charge < -0.3 is 14.9 Å². The van der Waals surface area contributed by atoms with Crippen LogP contribution in [0.4, 0.5) is 5.69 Å². The molecule has 1 fully saturated rings. The van der Waals surface area contributed by atoms with Crippen molar-refractivity contribution < 1.29 is 9.94 Å². The van der Waals surface area contributed by atoms with Gasteiger partial charge in [-0.1, -0.05) is 46.2 Å². The Morgan fingerprint density at radius 1 is 1.29 bits per heavy atom. The average molecular weight is 481 g/mol. The first-order chi connectivity index (χ1) is 15.1. The highest BCUT2D eigenvalue weighted by Crippen LogP contribution is 2.36. The first kappa shape index (κ1) is 20.3. The minimum Gasteiger partial charge on any atom is -0.494 e. The molecule has 0 bridgehead atoms. The number of H-pyrrole nitrogens is 1. The number of halogens is 1. The fourth-order valence-corrected chi connectivity index (χ4v) is 4.86. The van der Waals surface area contributed by atoms with Gasteiger partial charge >= 0.3 is 0 Å². The molecule has 2 aromatic carbocycles. The van der Waals surface area contributed by atoms with Crippen molar-refractivity contribution >= 4 is 43.9 Å². The Kier molecular flexibility index (Phi) is 5.54. The summed E-state index contributed by atoms with van der Waals surface area (Å²) in [6.07, 6.45) is 2.55. The predicted octanol–water partition coefficient (Wildman–Crippen LogP) is 5.22. The maximum Gasteiger partial charge on any atom is 0.199 e. The number of nitrogens with one attached hydrogen (secondary N) is 1. The van der Waals surface area contributed by atoms with Crippen LogP contribution < -0.4 is 0 Å². The fourth-order valence-electron chi connectivity index (χ4n) is 4.50. The Hall–Kier alpha value is -2.64. The number of hydrogen-bond donors (Lipinski definition) is 2. The van der Waals surface area contributed by atoms with E-state index in [0.717, 1.165) is 52.2 Å². The van der Waals surface area contributed by atoms with Crippen molar-refractivity contribution in [3.63, 3.8) is 0 Å². The van der Waals surface area contributed by atoms with Crippen LogP contribution in [0.1, 0.15) is 30.9 Å². The number of aromatic nitrogens is 1. The smallest absolute Gasteiger partial charge is 0.199 e. The first-order valence-electron chi connectivity index (χ1n) is 10.7.